The van der Waals surface area contributed by atoms with Gasteiger partial charge in [-0.3, -0.25) is 0 Å². The fourth-order valence-corrected chi connectivity index (χ4v) is 1.76. The van der Waals surface area contributed by atoms with E-state index in [4.69, 9.17) is 9.47 Å². The Balaban J connectivity index is 2.05. The summed E-state index contributed by atoms with van der Waals surface area (Å²) in [4.78, 5) is 8.11. The summed E-state index contributed by atoms with van der Waals surface area (Å²) in [5.41, 5.74) is 2.35. The summed E-state index contributed by atoms with van der Waals surface area (Å²) in [5.74, 6) is 1.28. The average Bonchev–Trinajstić information content (AvgIpc) is 2.47. The zero-order valence-corrected chi connectivity index (χ0v) is 11.1. The molecule has 0 aliphatic carbocycles. The predicted molar refractivity (Wildman–Crippen MR) is 73.1 cm³/mol. The van der Waals surface area contributed by atoms with E-state index < -0.39 is 0 Å². The molecule has 0 saturated carbocycles. The van der Waals surface area contributed by atoms with Crippen LogP contribution in [0.1, 0.15) is 11.1 Å². The Hall–Kier alpha value is -2.14. The third-order valence-corrected chi connectivity index (χ3v) is 2.73. The third-order valence-electron chi connectivity index (χ3n) is 2.73. The molecule has 0 amide bonds. The maximum Gasteiger partial charge on any atom is 0.218 e. The van der Waals surface area contributed by atoms with E-state index in [9.17, 15) is 0 Å². The van der Waals surface area contributed by atoms with Crippen LogP contribution in [-0.4, -0.2) is 24.2 Å². The quantitative estimate of drug-likeness (QED) is 0.862. The van der Waals surface area contributed by atoms with Crippen LogP contribution in [-0.2, 0) is 17.9 Å². The number of hydrogen-bond acceptors (Lipinski definition) is 5. The normalized spacial score (nSPS) is 10.2. The molecule has 100 valence electrons. The van der Waals surface area contributed by atoms with Gasteiger partial charge in [-0.05, 0) is 11.1 Å². The van der Waals surface area contributed by atoms with E-state index in [0.29, 0.717) is 19.0 Å². The molecule has 1 heterocycles. The number of benzene rings is 1. The second-order valence-corrected chi connectivity index (χ2v) is 4.00. The van der Waals surface area contributed by atoms with Gasteiger partial charge < -0.3 is 14.8 Å². The number of ether oxygens (including phenoxy) is 2. The molecule has 1 N–H and O–H groups in total. The van der Waals surface area contributed by atoms with Crippen LogP contribution in [0.4, 0.5) is 5.82 Å². The summed E-state index contributed by atoms with van der Waals surface area (Å²) in [7, 11) is 3.28. The SMILES string of the molecule is COCc1ccccc1CNc1cc(OC)ncn1. The summed E-state index contributed by atoms with van der Waals surface area (Å²) in [6.07, 6.45) is 1.47. The first kappa shape index (κ1) is 13.3. The molecule has 0 radical (unpaired) electrons. The van der Waals surface area contributed by atoms with Gasteiger partial charge in [-0.25, -0.2) is 9.97 Å². The minimum Gasteiger partial charge on any atom is -0.481 e. The summed E-state index contributed by atoms with van der Waals surface area (Å²) in [6.45, 7) is 1.28. The largest absolute Gasteiger partial charge is 0.481 e. The van der Waals surface area contributed by atoms with Gasteiger partial charge >= 0.3 is 0 Å². The van der Waals surface area contributed by atoms with Crippen molar-refractivity contribution in [3.63, 3.8) is 0 Å². The van der Waals surface area contributed by atoms with Crippen molar-refractivity contribution in [2.24, 2.45) is 0 Å². The van der Waals surface area contributed by atoms with Gasteiger partial charge in [0.1, 0.15) is 12.1 Å². The van der Waals surface area contributed by atoms with Crippen LogP contribution in [0.2, 0.25) is 0 Å². The number of methoxy groups -OCH3 is 2. The van der Waals surface area contributed by atoms with Gasteiger partial charge in [0.25, 0.3) is 0 Å². The Kier molecular flexibility index (Phi) is 4.69. The van der Waals surface area contributed by atoms with Gasteiger partial charge in [-0.2, -0.15) is 0 Å². The number of rotatable bonds is 6. The number of nitrogens with one attached hydrogen (secondary N) is 1. The number of nitrogens with zero attached hydrogens (tertiary/aromatic N) is 2. The Labute approximate surface area is 112 Å². The van der Waals surface area contributed by atoms with Crippen molar-refractivity contribution in [3.05, 3.63) is 47.8 Å². The van der Waals surface area contributed by atoms with Crippen LogP contribution < -0.4 is 10.1 Å². The van der Waals surface area contributed by atoms with Crippen molar-refractivity contribution >= 4 is 5.82 Å². The second-order valence-electron chi connectivity index (χ2n) is 4.00. The zero-order chi connectivity index (χ0) is 13.5. The standard InChI is InChI=1S/C14H17N3O2/c1-18-9-12-6-4-3-5-11(12)8-15-13-7-14(19-2)17-10-16-13/h3-7,10H,8-9H2,1-2H3,(H,15,16,17). The number of hydrogen-bond donors (Lipinski definition) is 1. The van der Waals surface area contributed by atoms with E-state index in [1.54, 1.807) is 20.3 Å². The highest BCUT2D eigenvalue weighted by atomic mass is 16.5. The molecule has 2 rings (SSSR count). The molecule has 5 heteroatoms. The highest BCUT2D eigenvalue weighted by molar-refractivity contribution is 5.39. The van der Waals surface area contributed by atoms with Gasteiger partial charge in [0.2, 0.25) is 5.88 Å². The molecular weight excluding hydrogens is 242 g/mol. The van der Waals surface area contributed by atoms with E-state index in [0.717, 1.165) is 5.82 Å². The van der Waals surface area contributed by atoms with Crippen LogP contribution in [0.5, 0.6) is 5.88 Å². The van der Waals surface area contributed by atoms with Crippen molar-refractivity contribution in [2.45, 2.75) is 13.2 Å². The Morgan fingerprint density at radius 3 is 2.63 bits per heavy atom. The van der Waals surface area contributed by atoms with Crippen molar-refractivity contribution in [2.75, 3.05) is 19.5 Å². The molecule has 2 aromatic rings. The first-order chi connectivity index (χ1) is 9.33. The summed E-state index contributed by atoms with van der Waals surface area (Å²) >= 11 is 0. The first-order valence-corrected chi connectivity index (χ1v) is 5.99. The molecule has 1 aromatic heterocycles. The fourth-order valence-electron chi connectivity index (χ4n) is 1.76. The van der Waals surface area contributed by atoms with E-state index in [1.165, 1.54) is 17.5 Å². The molecule has 0 saturated heterocycles. The molecule has 1 aromatic carbocycles. The van der Waals surface area contributed by atoms with E-state index in [2.05, 4.69) is 27.4 Å². The third kappa shape index (κ3) is 3.66. The molecule has 0 bridgehead atoms. The van der Waals surface area contributed by atoms with Gasteiger partial charge in [0.05, 0.1) is 13.7 Å². The van der Waals surface area contributed by atoms with Crippen molar-refractivity contribution < 1.29 is 9.47 Å². The molecule has 5 nitrogen and oxygen atoms in total. The van der Waals surface area contributed by atoms with Crippen molar-refractivity contribution in [1.82, 2.24) is 9.97 Å². The van der Waals surface area contributed by atoms with Crippen LogP contribution in [0.15, 0.2) is 36.7 Å². The van der Waals surface area contributed by atoms with Crippen molar-refractivity contribution in [3.8, 4) is 5.88 Å². The molecular formula is C14H17N3O2. The molecule has 0 spiro atoms. The Morgan fingerprint density at radius 2 is 1.89 bits per heavy atom. The highest BCUT2D eigenvalue weighted by Gasteiger charge is 2.03. The number of aromatic nitrogens is 2. The second kappa shape index (κ2) is 6.70. The van der Waals surface area contributed by atoms with Gasteiger partial charge in [-0.15, -0.1) is 0 Å². The van der Waals surface area contributed by atoms with E-state index >= 15 is 0 Å². The van der Waals surface area contributed by atoms with Crippen LogP contribution in [0.3, 0.4) is 0 Å². The maximum absolute atomic E-state index is 5.18. The molecule has 0 atom stereocenters. The van der Waals surface area contributed by atoms with Crippen molar-refractivity contribution in [1.29, 1.82) is 0 Å². The first-order valence-electron chi connectivity index (χ1n) is 5.99. The lowest BCUT2D eigenvalue weighted by Gasteiger charge is -2.10. The van der Waals surface area contributed by atoms with Crippen LogP contribution in [0, 0.1) is 0 Å². The lowest BCUT2D eigenvalue weighted by molar-refractivity contribution is 0.184. The van der Waals surface area contributed by atoms with Crippen LogP contribution >= 0.6 is 0 Å². The zero-order valence-electron chi connectivity index (χ0n) is 11.1. The number of anilines is 1. The molecule has 19 heavy (non-hydrogen) atoms. The molecule has 0 aliphatic rings. The monoisotopic (exact) mass is 259 g/mol. The van der Waals surface area contributed by atoms with Gasteiger partial charge in [-0.1, -0.05) is 24.3 Å². The molecule has 0 fully saturated rings. The van der Waals surface area contributed by atoms with Gasteiger partial charge in [0, 0.05) is 19.7 Å². The van der Waals surface area contributed by atoms with Gasteiger partial charge in [0.15, 0.2) is 0 Å². The predicted octanol–water partition coefficient (Wildman–Crippen LogP) is 2.24. The minimum atomic E-state index is 0.544. The lowest BCUT2D eigenvalue weighted by atomic mass is 10.1. The summed E-state index contributed by atoms with van der Waals surface area (Å²) in [6, 6.07) is 9.90. The Bertz CT molecular complexity index is 532. The highest BCUT2D eigenvalue weighted by Crippen LogP contribution is 2.14. The fraction of sp³-hybridized carbons (Fsp3) is 0.286. The lowest BCUT2D eigenvalue weighted by Crippen LogP contribution is -2.05. The van der Waals surface area contributed by atoms with E-state index in [-0.39, 0.29) is 0 Å². The summed E-state index contributed by atoms with van der Waals surface area (Å²) < 4.78 is 10.2. The topological polar surface area (TPSA) is 56.3 Å². The maximum atomic E-state index is 5.18. The van der Waals surface area contributed by atoms with Crippen LogP contribution in [0.25, 0.3) is 0 Å². The summed E-state index contributed by atoms with van der Waals surface area (Å²) in [5, 5.41) is 3.25. The smallest absolute Gasteiger partial charge is 0.218 e. The minimum absolute atomic E-state index is 0.544. The van der Waals surface area contributed by atoms with E-state index in [1.807, 2.05) is 12.1 Å². The Morgan fingerprint density at radius 1 is 1.11 bits per heavy atom. The molecule has 0 aliphatic heterocycles. The molecule has 0 unspecified atom stereocenters. The average molecular weight is 259 g/mol.